The third kappa shape index (κ3) is 3.64. The van der Waals surface area contributed by atoms with Gasteiger partial charge < -0.3 is 14.7 Å². The van der Waals surface area contributed by atoms with E-state index < -0.39 is 11.0 Å². The van der Waals surface area contributed by atoms with Crippen LogP contribution in [0.2, 0.25) is 0 Å². The van der Waals surface area contributed by atoms with Crippen molar-refractivity contribution in [3.63, 3.8) is 0 Å². The number of ether oxygens (including phenoxy) is 1. The highest BCUT2D eigenvalue weighted by molar-refractivity contribution is 5.58. The molecule has 0 aromatic heterocycles. The summed E-state index contributed by atoms with van der Waals surface area (Å²) in [6, 6.07) is 4.75. The first kappa shape index (κ1) is 15.6. The zero-order chi connectivity index (χ0) is 15.4. The van der Waals surface area contributed by atoms with Crippen molar-refractivity contribution in [2.75, 3.05) is 18.6 Å². The van der Waals surface area contributed by atoms with Gasteiger partial charge in [-0.2, -0.15) is 0 Å². The molecule has 6 heteroatoms. The molecule has 1 aromatic carbocycles. The first-order chi connectivity index (χ1) is 10.0. The molecule has 116 valence electrons. The molecule has 1 aliphatic rings. The maximum absolute atomic E-state index is 11.1. The monoisotopic (exact) mass is 294 g/mol. The average Bonchev–Trinajstić information content (AvgIpc) is 2.47. The van der Waals surface area contributed by atoms with Crippen molar-refractivity contribution in [1.82, 2.24) is 0 Å². The molecular formula is C15H22N2O4. The van der Waals surface area contributed by atoms with Gasteiger partial charge in [-0.1, -0.05) is 12.8 Å². The Balaban J connectivity index is 2.30. The summed E-state index contributed by atoms with van der Waals surface area (Å²) in [6.07, 6.45) is 3.38. The molecule has 0 amide bonds. The highest BCUT2D eigenvalue weighted by Crippen LogP contribution is 2.32. The Morgan fingerprint density at radius 3 is 2.71 bits per heavy atom. The van der Waals surface area contributed by atoms with Crippen LogP contribution >= 0.6 is 0 Å². The minimum Gasteiger partial charge on any atom is -0.494 e. The number of anilines is 1. The van der Waals surface area contributed by atoms with E-state index in [1.807, 2.05) is 18.9 Å². The number of aliphatic hydroxyl groups excluding tert-OH is 1. The fraction of sp³-hybridized carbons (Fsp3) is 0.600. The lowest BCUT2D eigenvalue weighted by atomic mass is 9.91. The summed E-state index contributed by atoms with van der Waals surface area (Å²) in [4.78, 5) is 12.6. The van der Waals surface area contributed by atoms with Gasteiger partial charge in [0.1, 0.15) is 5.75 Å². The number of likely N-dealkylation sites (N-methyl/N-ethyl adjacent to an activating group) is 1. The number of nitrogens with zero attached hydrogens (tertiary/aromatic N) is 2. The number of hydrogen-bond donors (Lipinski definition) is 1. The molecule has 0 spiro atoms. The number of nitro benzene ring substituents is 1. The Labute approximate surface area is 124 Å². The van der Waals surface area contributed by atoms with Gasteiger partial charge in [0, 0.05) is 24.9 Å². The summed E-state index contributed by atoms with van der Waals surface area (Å²) in [7, 11) is 1.87. The first-order valence-corrected chi connectivity index (χ1v) is 7.36. The third-order valence-electron chi connectivity index (χ3n) is 4.00. The maximum atomic E-state index is 11.1. The van der Waals surface area contributed by atoms with Gasteiger partial charge in [0.15, 0.2) is 0 Å². The molecule has 1 N–H and O–H groups in total. The molecule has 0 aliphatic heterocycles. The standard InChI is InChI=1S/C15H22N2O4/c1-3-21-13-9-11(8-12(10-13)17(19)20)16(2)14-6-4-5-7-15(14)18/h8-10,14-15,18H,3-7H2,1-2H3. The fourth-order valence-corrected chi connectivity index (χ4v) is 2.86. The van der Waals surface area contributed by atoms with Crippen LogP contribution < -0.4 is 9.64 Å². The molecule has 1 saturated carbocycles. The molecule has 1 aromatic rings. The molecule has 0 radical (unpaired) electrons. The van der Waals surface area contributed by atoms with E-state index in [9.17, 15) is 15.2 Å². The molecule has 1 fully saturated rings. The predicted octanol–water partition coefficient (Wildman–Crippen LogP) is 2.73. The van der Waals surface area contributed by atoms with E-state index >= 15 is 0 Å². The van der Waals surface area contributed by atoms with Gasteiger partial charge in [0.05, 0.1) is 29.7 Å². The lowest BCUT2D eigenvalue weighted by Gasteiger charge is -2.36. The SMILES string of the molecule is CCOc1cc(N(C)C2CCCCC2O)cc([N+](=O)[O-])c1. The maximum Gasteiger partial charge on any atom is 0.275 e. The van der Waals surface area contributed by atoms with Gasteiger partial charge in [-0.15, -0.1) is 0 Å². The highest BCUT2D eigenvalue weighted by Gasteiger charge is 2.27. The topological polar surface area (TPSA) is 75.8 Å². The predicted molar refractivity (Wildman–Crippen MR) is 80.9 cm³/mol. The molecular weight excluding hydrogens is 272 g/mol. The first-order valence-electron chi connectivity index (χ1n) is 7.36. The smallest absolute Gasteiger partial charge is 0.275 e. The zero-order valence-corrected chi connectivity index (χ0v) is 12.5. The lowest BCUT2D eigenvalue weighted by Crippen LogP contribution is -2.43. The number of nitro groups is 1. The second-order valence-corrected chi connectivity index (χ2v) is 5.41. The molecule has 0 saturated heterocycles. The molecule has 2 unspecified atom stereocenters. The van der Waals surface area contributed by atoms with E-state index in [-0.39, 0.29) is 11.7 Å². The molecule has 2 rings (SSSR count). The minimum atomic E-state index is -0.419. The van der Waals surface area contributed by atoms with Crippen LogP contribution in [0, 0.1) is 10.1 Å². The van der Waals surface area contributed by atoms with E-state index in [2.05, 4.69) is 0 Å². The minimum absolute atomic E-state index is 0.00442. The Bertz CT molecular complexity index is 506. The van der Waals surface area contributed by atoms with Crippen LogP contribution in [0.25, 0.3) is 0 Å². The van der Waals surface area contributed by atoms with Crippen LogP contribution in [-0.2, 0) is 0 Å². The number of non-ortho nitro benzene ring substituents is 1. The third-order valence-corrected chi connectivity index (χ3v) is 4.00. The summed E-state index contributed by atoms with van der Waals surface area (Å²) < 4.78 is 5.41. The largest absolute Gasteiger partial charge is 0.494 e. The van der Waals surface area contributed by atoms with Crippen molar-refractivity contribution in [2.45, 2.75) is 44.8 Å². The van der Waals surface area contributed by atoms with Gasteiger partial charge in [-0.25, -0.2) is 0 Å². The van der Waals surface area contributed by atoms with Crippen molar-refractivity contribution >= 4 is 11.4 Å². The highest BCUT2D eigenvalue weighted by atomic mass is 16.6. The lowest BCUT2D eigenvalue weighted by molar-refractivity contribution is -0.384. The van der Waals surface area contributed by atoms with Crippen molar-refractivity contribution in [2.24, 2.45) is 0 Å². The molecule has 21 heavy (non-hydrogen) atoms. The number of rotatable bonds is 5. The van der Waals surface area contributed by atoms with Crippen LogP contribution in [0.1, 0.15) is 32.6 Å². The van der Waals surface area contributed by atoms with Crippen LogP contribution in [0.4, 0.5) is 11.4 Å². The molecule has 2 atom stereocenters. The van der Waals surface area contributed by atoms with Crippen LogP contribution in [0.5, 0.6) is 5.75 Å². The van der Waals surface area contributed by atoms with Crippen molar-refractivity contribution in [1.29, 1.82) is 0 Å². The summed E-state index contributed by atoms with van der Waals surface area (Å²) in [5.41, 5.74) is 0.715. The summed E-state index contributed by atoms with van der Waals surface area (Å²) in [6.45, 7) is 2.30. The van der Waals surface area contributed by atoms with Crippen molar-refractivity contribution in [3.8, 4) is 5.75 Å². The normalized spacial score (nSPS) is 21.9. The Kier molecular flexibility index (Phi) is 5.01. The van der Waals surface area contributed by atoms with Crippen molar-refractivity contribution in [3.05, 3.63) is 28.3 Å². The van der Waals surface area contributed by atoms with Gasteiger partial charge in [-0.05, 0) is 19.8 Å². The Morgan fingerprint density at radius 1 is 1.38 bits per heavy atom. The van der Waals surface area contributed by atoms with Gasteiger partial charge in [0.25, 0.3) is 5.69 Å². The number of hydrogen-bond acceptors (Lipinski definition) is 5. The van der Waals surface area contributed by atoms with E-state index in [0.717, 1.165) is 25.7 Å². The molecule has 0 heterocycles. The quantitative estimate of drug-likeness (QED) is 0.667. The second kappa shape index (κ2) is 6.76. The molecule has 1 aliphatic carbocycles. The fourth-order valence-electron chi connectivity index (χ4n) is 2.86. The molecule has 6 nitrogen and oxygen atoms in total. The van der Waals surface area contributed by atoms with E-state index in [4.69, 9.17) is 4.74 Å². The summed E-state index contributed by atoms with van der Waals surface area (Å²) in [5, 5.41) is 21.2. The van der Waals surface area contributed by atoms with Crippen LogP contribution in [0.15, 0.2) is 18.2 Å². The van der Waals surface area contributed by atoms with Crippen LogP contribution in [0.3, 0.4) is 0 Å². The number of benzene rings is 1. The van der Waals surface area contributed by atoms with Crippen LogP contribution in [-0.4, -0.2) is 35.8 Å². The van der Waals surface area contributed by atoms with Gasteiger partial charge >= 0.3 is 0 Å². The molecule has 0 bridgehead atoms. The van der Waals surface area contributed by atoms with E-state index in [1.165, 1.54) is 12.1 Å². The van der Waals surface area contributed by atoms with E-state index in [0.29, 0.717) is 18.0 Å². The van der Waals surface area contributed by atoms with E-state index in [1.54, 1.807) is 6.07 Å². The zero-order valence-electron chi connectivity index (χ0n) is 12.5. The Hall–Kier alpha value is -1.82. The number of aliphatic hydroxyl groups is 1. The average molecular weight is 294 g/mol. The van der Waals surface area contributed by atoms with Gasteiger partial charge in [-0.3, -0.25) is 10.1 Å². The van der Waals surface area contributed by atoms with Crippen molar-refractivity contribution < 1.29 is 14.8 Å². The Morgan fingerprint density at radius 2 is 2.10 bits per heavy atom. The summed E-state index contributed by atoms with van der Waals surface area (Å²) >= 11 is 0. The van der Waals surface area contributed by atoms with Gasteiger partial charge in [0.2, 0.25) is 0 Å². The second-order valence-electron chi connectivity index (χ2n) is 5.41. The summed E-state index contributed by atoms with van der Waals surface area (Å²) in [5.74, 6) is 0.485.